The molecule has 26 heavy (non-hydrogen) atoms. The van der Waals surface area contributed by atoms with Crippen LogP contribution in [0.3, 0.4) is 0 Å². The number of hydrogen-bond acceptors (Lipinski definition) is 4. The number of carboxylic acid groups (broad SMARTS) is 1. The van der Waals surface area contributed by atoms with E-state index in [2.05, 4.69) is 4.98 Å². The van der Waals surface area contributed by atoms with Gasteiger partial charge in [0.25, 0.3) is 5.56 Å². The number of carboxylic acids is 1. The molecule has 1 N–H and O–H groups in total. The van der Waals surface area contributed by atoms with Crippen LogP contribution < -0.4 is 5.56 Å². The van der Waals surface area contributed by atoms with Crippen molar-refractivity contribution < 1.29 is 14.3 Å². The summed E-state index contributed by atoms with van der Waals surface area (Å²) in [6.45, 7) is 7.10. The van der Waals surface area contributed by atoms with E-state index in [4.69, 9.17) is 0 Å². The van der Waals surface area contributed by atoms with Crippen molar-refractivity contribution in [3.8, 4) is 11.1 Å². The molecule has 7 heteroatoms. The lowest BCUT2D eigenvalue weighted by Crippen LogP contribution is -2.32. The van der Waals surface area contributed by atoms with Crippen LogP contribution in [0.15, 0.2) is 29.1 Å². The number of aryl methyl sites for hydroxylation is 1. The Morgan fingerprint density at radius 2 is 1.85 bits per heavy atom. The van der Waals surface area contributed by atoms with Crippen LogP contribution in [0, 0.1) is 12.7 Å². The van der Waals surface area contributed by atoms with Crippen LogP contribution >= 0.6 is 11.3 Å². The first kappa shape index (κ1) is 18.3. The molecule has 0 amide bonds. The third-order valence-corrected chi connectivity index (χ3v) is 5.35. The topological polar surface area (TPSA) is 72.2 Å². The smallest absolute Gasteiger partial charge is 0.326 e. The second kappa shape index (κ2) is 6.64. The molecule has 3 aromatic rings. The van der Waals surface area contributed by atoms with Crippen LogP contribution in [0.2, 0.25) is 0 Å². The molecular weight excluding hydrogens is 355 g/mol. The van der Waals surface area contributed by atoms with Crippen LogP contribution in [-0.4, -0.2) is 20.6 Å². The fraction of sp³-hybridized carbons (Fsp3) is 0.316. The summed E-state index contributed by atoms with van der Waals surface area (Å²) in [6.07, 6.45) is 0. The Bertz CT molecular complexity index is 1050. The van der Waals surface area contributed by atoms with Gasteiger partial charge in [0.05, 0.1) is 5.39 Å². The van der Waals surface area contributed by atoms with Crippen molar-refractivity contribution >= 4 is 27.5 Å². The molecule has 1 aromatic carbocycles. The van der Waals surface area contributed by atoms with Crippen molar-refractivity contribution in [1.29, 1.82) is 0 Å². The predicted octanol–water partition coefficient (Wildman–Crippen LogP) is 4.34. The highest BCUT2D eigenvalue weighted by molar-refractivity contribution is 7.19. The molecule has 0 bridgehead atoms. The summed E-state index contributed by atoms with van der Waals surface area (Å²) in [5.41, 5.74) is 1.02. The highest BCUT2D eigenvalue weighted by Crippen LogP contribution is 2.36. The van der Waals surface area contributed by atoms with Gasteiger partial charge in [-0.25, -0.2) is 14.2 Å². The van der Waals surface area contributed by atoms with Gasteiger partial charge < -0.3 is 5.11 Å². The number of halogens is 1. The first-order valence-corrected chi connectivity index (χ1v) is 9.08. The lowest BCUT2D eigenvalue weighted by Gasteiger charge is -2.18. The second-order valence-corrected chi connectivity index (χ2v) is 7.74. The quantitative estimate of drug-likeness (QED) is 0.737. The molecule has 5 nitrogen and oxygen atoms in total. The molecular formula is C19H19FN2O3S. The number of benzene rings is 1. The van der Waals surface area contributed by atoms with E-state index < -0.39 is 12.0 Å². The summed E-state index contributed by atoms with van der Waals surface area (Å²) in [5, 5.41) is 9.82. The van der Waals surface area contributed by atoms with Crippen molar-refractivity contribution in [3.05, 3.63) is 51.1 Å². The van der Waals surface area contributed by atoms with Crippen molar-refractivity contribution in [1.82, 2.24) is 9.55 Å². The van der Waals surface area contributed by atoms with E-state index >= 15 is 0 Å². The molecule has 0 spiro atoms. The summed E-state index contributed by atoms with van der Waals surface area (Å²) in [4.78, 5) is 30.9. The van der Waals surface area contributed by atoms with Gasteiger partial charge in [-0.2, -0.15) is 0 Å². The van der Waals surface area contributed by atoms with Gasteiger partial charge in [0.2, 0.25) is 0 Å². The van der Waals surface area contributed by atoms with E-state index in [1.165, 1.54) is 35.0 Å². The number of hydrogen-bond donors (Lipinski definition) is 1. The maximum atomic E-state index is 13.3. The SMILES string of the molecule is Cc1sc2nc(C(C)C)n(C(C)C(=O)O)c(=O)c2c1-c1ccc(F)cc1. The minimum absolute atomic E-state index is 0.106. The fourth-order valence-corrected chi connectivity index (χ4v) is 4.09. The number of aliphatic carboxylic acids is 1. The van der Waals surface area contributed by atoms with E-state index in [9.17, 15) is 19.1 Å². The molecule has 0 aliphatic rings. The summed E-state index contributed by atoms with van der Waals surface area (Å²) in [6, 6.07) is 4.88. The summed E-state index contributed by atoms with van der Waals surface area (Å²) < 4.78 is 14.5. The van der Waals surface area contributed by atoms with Gasteiger partial charge in [0, 0.05) is 16.4 Å². The Balaban J connectivity index is 2.41. The van der Waals surface area contributed by atoms with E-state index in [1.54, 1.807) is 12.1 Å². The molecule has 0 aliphatic carbocycles. The van der Waals surface area contributed by atoms with Gasteiger partial charge in [-0.3, -0.25) is 9.36 Å². The Hall–Kier alpha value is -2.54. The second-order valence-electron chi connectivity index (χ2n) is 6.53. The van der Waals surface area contributed by atoms with Gasteiger partial charge in [0.1, 0.15) is 22.5 Å². The summed E-state index contributed by atoms with van der Waals surface area (Å²) >= 11 is 1.39. The number of fused-ring (bicyclic) bond motifs is 1. The Morgan fingerprint density at radius 1 is 1.23 bits per heavy atom. The number of rotatable bonds is 4. The van der Waals surface area contributed by atoms with E-state index in [1.807, 2.05) is 20.8 Å². The van der Waals surface area contributed by atoms with E-state index in [0.717, 1.165) is 4.88 Å². The Morgan fingerprint density at radius 3 is 2.38 bits per heavy atom. The molecule has 2 heterocycles. The van der Waals surface area contributed by atoms with Crippen LogP contribution in [-0.2, 0) is 4.79 Å². The van der Waals surface area contributed by atoms with Gasteiger partial charge >= 0.3 is 5.97 Å². The fourth-order valence-electron chi connectivity index (χ4n) is 3.05. The van der Waals surface area contributed by atoms with Crippen LogP contribution in [0.1, 0.15) is 43.4 Å². The average Bonchev–Trinajstić information content (AvgIpc) is 2.91. The third-order valence-electron chi connectivity index (χ3n) is 4.36. The van der Waals surface area contributed by atoms with Gasteiger partial charge in [-0.1, -0.05) is 26.0 Å². The van der Waals surface area contributed by atoms with Crippen LogP contribution in [0.25, 0.3) is 21.3 Å². The standard InChI is InChI=1S/C19H19FN2O3S/c1-9(2)16-21-17-15(18(23)22(16)10(3)19(24)25)14(11(4)26-17)12-5-7-13(20)8-6-12/h5-10H,1-4H3,(H,24,25). The van der Waals surface area contributed by atoms with E-state index in [0.29, 0.717) is 27.2 Å². The molecule has 0 radical (unpaired) electrons. The first-order chi connectivity index (χ1) is 12.2. The number of aromatic nitrogens is 2. The maximum absolute atomic E-state index is 13.3. The van der Waals surface area contributed by atoms with Gasteiger partial charge in [-0.05, 0) is 31.5 Å². The van der Waals surface area contributed by atoms with Gasteiger partial charge in [0.15, 0.2) is 0 Å². The van der Waals surface area contributed by atoms with Crippen molar-refractivity contribution in [2.45, 2.75) is 39.7 Å². The highest BCUT2D eigenvalue weighted by Gasteiger charge is 2.25. The number of carbonyl (C=O) groups is 1. The Labute approximate surface area is 153 Å². The molecule has 0 aliphatic heterocycles. The molecule has 0 fully saturated rings. The molecule has 1 unspecified atom stereocenters. The molecule has 0 saturated carbocycles. The molecule has 1 atom stereocenters. The van der Waals surface area contributed by atoms with Crippen molar-refractivity contribution in [2.24, 2.45) is 0 Å². The van der Waals surface area contributed by atoms with Crippen LogP contribution in [0.5, 0.6) is 0 Å². The molecule has 3 rings (SSSR count). The van der Waals surface area contributed by atoms with Crippen LogP contribution in [0.4, 0.5) is 4.39 Å². The van der Waals surface area contributed by atoms with E-state index in [-0.39, 0.29) is 17.3 Å². The zero-order valence-corrected chi connectivity index (χ0v) is 15.7. The molecule has 136 valence electrons. The summed E-state index contributed by atoms with van der Waals surface area (Å²) in [5.74, 6) is -1.11. The predicted molar refractivity (Wildman–Crippen MR) is 100 cm³/mol. The molecule has 2 aromatic heterocycles. The normalized spacial score (nSPS) is 12.7. The zero-order valence-electron chi connectivity index (χ0n) is 14.9. The average molecular weight is 374 g/mol. The maximum Gasteiger partial charge on any atom is 0.326 e. The zero-order chi connectivity index (χ0) is 19.2. The lowest BCUT2D eigenvalue weighted by atomic mass is 10.0. The number of nitrogens with zero attached hydrogens (tertiary/aromatic N) is 2. The third kappa shape index (κ3) is 2.92. The monoisotopic (exact) mass is 374 g/mol. The number of thiophene rings is 1. The summed E-state index contributed by atoms with van der Waals surface area (Å²) in [7, 11) is 0. The minimum Gasteiger partial charge on any atom is -0.480 e. The lowest BCUT2D eigenvalue weighted by molar-refractivity contribution is -0.140. The molecule has 0 saturated heterocycles. The van der Waals surface area contributed by atoms with Gasteiger partial charge in [-0.15, -0.1) is 11.3 Å². The largest absolute Gasteiger partial charge is 0.480 e. The van der Waals surface area contributed by atoms with Crippen molar-refractivity contribution in [3.63, 3.8) is 0 Å². The highest BCUT2D eigenvalue weighted by atomic mass is 32.1. The van der Waals surface area contributed by atoms with Crippen molar-refractivity contribution in [2.75, 3.05) is 0 Å². The minimum atomic E-state index is -1.09. The Kier molecular flexibility index (Phi) is 4.66. The first-order valence-electron chi connectivity index (χ1n) is 8.26.